The van der Waals surface area contributed by atoms with Crippen molar-refractivity contribution in [3.8, 4) is 29.3 Å². The molecule has 0 aromatic heterocycles. The Morgan fingerprint density at radius 3 is 2.90 bits per heavy atom. The van der Waals surface area contributed by atoms with Crippen LogP contribution in [0.2, 0.25) is 0 Å². The number of aromatic hydroxyl groups is 1. The van der Waals surface area contributed by atoms with Gasteiger partial charge >= 0.3 is 0 Å². The summed E-state index contributed by atoms with van der Waals surface area (Å²) in [6, 6.07) is 8.57. The molecule has 7 atom stereocenters. The van der Waals surface area contributed by atoms with E-state index in [0.717, 1.165) is 47.2 Å². The second-order valence-corrected chi connectivity index (χ2v) is 16.3. The fourth-order valence-electron chi connectivity index (χ4n) is 9.85. The molecular weight excluding hydrogens is 769 g/mol. The summed E-state index contributed by atoms with van der Waals surface area (Å²) >= 11 is 0. The van der Waals surface area contributed by atoms with Crippen molar-refractivity contribution in [1.82, 2.24) is 4.90 Å². The lowest BCUT2D eigenvalue weighted by Gasteiger charge is -2.47. The predicted octanol–water partition coefficient (Wildman–Crippen LogP) is 4.45. The van der Waals surface area contributed by atoms with E-state index in [-0.39, 0.29) is 72.9 Å². The number of phenols is 1. The van der Waals surface area contributed by atoms with Crippen LogP contribution in [-0.4, -0.2) is 107 Å². The van der Waals surface area contributed by atoms with Gasteiger partial charge in [0.1, 0.15) is 47.7 Å². The van der Waals surface area contributed by atoms with Crippen LogP contribution in [0.15, 0.2) is 76.5 Å². The number of aliphatic hydroxyl groups is 3. The van der Waals surface area contributed by atoms with Crippen LogP contribution in [0.3, 0.4) is 0 Å². The minimum absolute atomic E-state index is 0.0387. The van der Waals surface area contributed by atoms with E-state index in [1.165, 1.54) is 18.1 Å². The lowest BCUT2D eigenvalue weighted by molar-refractivity contribution is -0.327. The molecule has 60 heavy (non-hydrogen) atoms. The first-order chi connectivity index (χ1) is 29.2. The van der Waals surface area contributed by atoms with Crippen molar-refractivity contribution in [2.45, 2.75) is 68.3 Å². The number of allylic oxidation sites excluding steroid dienone is 5. The predicted molar refractivity (Wildman–Crippen MR) is 218 cm³/mol. The summed E-state index contributed by atoms with van der Waals surface area (Å²) < 4.78 is 30.6. The lowest BCUT2D eigenvalue weighted by atomic mass is 9.76. The molecule has 1 amide bonds. The summed E-state index contributed by atoms with van der Waals surface area (Å²) in [4.78, 5) is 34.5. The number of ketones is 1. The number of hydrogen-bond acceptors (Lipinski definition) is 12. The molecule has 6 bridgehead atoms. The molecule has 2 fully saturated rings. The van der Waals surface area contributed by atoms with E-state index < -0.39 is 42.6 Å². The maximum Gasteiger partial charge on any atom is 0.254 e. The average Bonchev–Trinajstić information content (AvgIpc) is 3.99. The summed E-state index contributed by atoms with van der Waals surface area (Å²) in [5, 5.41) is 48.2. The molecule has 4 heterocycles. The first-order valence-corrected chi connectivity index (χ1v) is 20.2. The van der Waals surface area contributed by atoms with Gasteiger partial charge in [-0.3, -0.25) is 9.59 Å². The third-order valence-corrected chi connectivity index (χ3v) is 12.9. The highest BCUT2D eigenvalue weighted by Crippen LogP contribution is 2.53. The topological polar surface area (TPSA) is 177 Å². The molecule has 3 aromatic carbocycles. The fourth-order valence-corrected chi connectivity index (χ4v) is 9.85. The van der Waals surface area contributed by atoms with E-state index in [9.17, 15) is 30.0 Å². The standard InChI is InChI=1S/C47H42N2O11/c1-56-28-17-33-31-15-14-26-8-4-11-30(26)39(31)41-36(51)21-49-20-34-25(7-5-12-32(34)45(49)54)9-6-16-58-44-42(52)38(23-57-22-27-19-48-35-13-3-2-10-29(27)35)60-46(47(44,55)24-50)59-37(18-28)40(33)43(41)53/h2-3,5,7,10,12-15,17-19,26,30,38,42,44,46,50,52,55H,4,8-9,11,20-24H2,1H3/p+1/t26-,30-,38-,42-,44+,46-,47-/m1/s1. The molecule has 4 aliphatic heterocycles. The van der Waals surface area contributed by atoms with Gasteiger partial charge in [0.05, 0.1) is 49.6 Å². The number of aliphatic hydroxyl groups excluding tert-OH is 2. The van der Waals surface area contributed by atoms with Crippen LogP contribution in [0.4, 0.5) is 0 Å². The highest BCUT2D eigenvalue weighted by atomic mass is 16.7. The van der Waals surface area contributed by atoms with Crippen molar-refractivity contribution in [2.24, 2.45) is 10.9 Å². The number of Topliss-reactive ketones (excluding diaryl/α,β-unsaturated/α-hetero) is 1. The number of amides is 1. The summed E-state index contributed by atoms with van der Waals surface area (Å²) in [6.45, 7) is -1.19. The number of ether oxygens (including phenoxy) is 5. The average molecular weight is 812 g/mol. The Kier molecular flexibility index (Phi) is 9.58. The molecular formula is C47H43N2O11+. The number of phenolic OH excluding ortho intramolecular Hbond substituents is 1. The van der Waals surface area contributed by atoms with Gasteiger partial charge in [0, 0.05) is 54.6 Å². The molecule has 306 valence electrons. The molecule has 1 saturated heterocycles. The number of methoxy groups -OCH3 is 1. The van der Waals surface area contributed by atoms with Crippen LogP contribution in [0.5, 0.6) is 17.2 Å². The number of fused-ring (bicyclic) bond motifs is 10. The van der Waals surface area contributed by atoms with Gasteiger partial charge < -0.3 is 49.0 Å². The molecule has 7 aliphatic rings. The Bertz CT molecular complexity index is 2560. The Morgan fingerprint density at radius 1 is 1.17 bits per heavy atom. The molecule has 3 aliphatic carbocycles. The summed E-state index contributed by atoms with van der Waals surface area (Å²) in [5.74, 6) is 2.28. The highest BCUT2D eigenvalue weighted by Gasteiger charge is 2.59. The van der Waals surface area contributed by atoms with Crippen LogP contribution in [0.1, 0.15) is 68.2 Å². The van der Waals surface area contributed by atoms with E-state index in [2.05, 4.69) is 23.1 Å². The van der Waals surface area contributed by atoms with Crippen LogP contribution < -0.4 is 9.47 Å². The van der Waals surface area contributed by atoms with Crippen molar-refractivity contribution < 1.29 is 53.7 Å². The molecule has 13 heteroatoms. The molecule has 13 nitrogen and oxygen atoms in total. The molecule has 0 spiro atoms. The van der Waals surface area contributed by atoms with Gasteiger partial charge in [-0.25, -0.2) is 0 Å². The summed E-state index contributed by atoms with van der Waals surface area (Å²) in [6.07, 6.45) is 12.8. The summed E-state index contributed by atoms with van der Waals surface area (Å²) in [5.41, 5.74) is 3.56. The van der Waals surface area contributed by atoms with Gasteiger partial charge in [0.15, 0.2) is 23.2 Å². The molecule has 3 aromatic rings. The van der Waals surface area contributed by atoms with Gasteiger partial charge in [0.25, 0.3) is 5.91 Å². The molecule has 0 unspecified atom stereocenters. The third-order valence-electron chi connectivity index (χ3n) is 12.9. The van der Waals surface area contributed by atoms with Crippen molar-refractivity contribution >= 4 is 34.8 Å². The van der Waals surface area contributed by atoms with Crippen LogP contribution >= 0.6 is 0 Å². The zero-order chi connectivity index (χ0) is 41.3. The van der Waals surface area contributed by atoms with Gasteiger partial charge in [-0.05, 0) is 59.1 Å². The number of benzene rings is 3. The SMILES string of the molecule is COc1cc2c3c(O)c(c4c(c3c1)C=C[C@H]1CCC[C@@H]41)C(=O)CN1Cc3c(cccc3C1=O)CC#CO[C@H]1[C@H](O)[C@@H](COCC3=C4[CH+]C=CC=C4N=C3)O[C@@H](O2)[C@@]1(O)CO. The first kappa shape index (κ1) is 38.3. The van der Waals surface area contributed by atoms with Crippen molar-refractivity contribution in [3.05, 3.63) is 111 Å². The minimum atomic E-state index is -2.43. The largest absolute Gasteiger partial charge is 0.506 e. The normalized spacial score (nSPS) is 28.5. The minimum Gasteiger partial charge on any atom is -0.506 e. The van der Waals surface area contributed by atoms with Gasteiger partial charge in [-0.15, -0.1) is 0 Å². The Labute approximate surface area is 345 Å². The molecule has 4 N–H and O–H groups in total. The zero-order valence-corrected chi connectivity index (χ0v) is 32.8. The van der Waals surface area contributed by atoms with Crippen LogP contribution in [0.25, 0.3) is 16.8 Å². The van der Waals surface area contributed by atoms with Crippen LogP contribution in [0, 0.1) is 24.4 Å². The van der Waals surface area contributed by atoms with E-state index >= 15 is 0 Å². The highest BCUT2D eigenvalue weighted by molar-refractivity contribution is 6.13. The zero-order valence-electron chi connectivity index (χ0n) is 32.8. The van der Waals surface area contributed by atoms with Crippen molar-refractivity contribution in [3.63, 3.8) is 0 Å². The van der Waals surface area contributed by atoms with Gasteiger partial charge in [-0.1, -0.05) is 36.6 Å². The second-order valence-electron chi connectivity index (χ2n) is 16.3. The van der Waals surface area contributed by atoms with Crippen molar-refractivity contribution in [2.75, 3.05) is 33.5 Å². The number of aliphatic imine (C=N–C) groups is 1. The first-order valence-electron chi connectivity index (χ1n) is 20.2. The van der Waals surface area contributed by atoms with Gasteiger partial charge in [-0.2, -0.15) is 4.99 Å². The second kappa shape index (κ2) is 15.0. The number of carbonyl (C=O) groups excluding carboxylic acids is 2. The van der Waals surface area contributed by atoms with Crippen LogP contribution in [-0.2, 0) is 27.2 Å². The van der Waals surface area contributed by atoms with E-state index in [4.69, 9.17) is 23.7 Å². The van der Waals surface area contributed by atoms with E-state index in [0.29, 0.717) is 27.8 Å². The molecule has 0 radical (unpaired) electrons. The lowest BCUT2D eigenvalue weighted by Crippen LogP contribution is -2.70. The molecule has 1 saturated carbocycles. The monoisotopic (exact) mass is 811 g/mol. The number of rotatable bonds is 6. The summed E-state index contributed by atoms with van der Waals surface area (Å²) in [7, 11) is 1.48. The van der Waals surface area contributed by atoms with E-state index in [1.807, 2.05) is 36.8 Å². The number of hydrogen-bond donors (Lipinski definition) is 4. The molecule has 10 rings (SSSR count). The smallest absolute Gasteiger partial charge is 0.254 e. The third kappa shape index (κ3) is 6.13. The fraction of sp³-hybridized carbons (Fsp3) is 0.362. The van der Waals surface area contributed by atoms with E-state index in [1.54, 1.807) is 24.4 Å². The number of carbonyl (C=O) groups is 2. The quantitative estimate of drug-likeness (QED) is 0.205. The van der Waals surface area contributed by atoms with Gasteiger partial charge in [0.2, 0.25) is 6.29 Å². The maximum absolute atomic E-state index is 14.8. The Hall–Kier alpha value is -5.88. The Balaban J connectivity index is 1.11. The Morgan fingerprint density at radius 2 is 2.05 bits per heavy atom. The maximum atomic E-state index is 14.8. The number of nitrogens with zero attached hydrogens (tertiary/aromatic N) is 2. The van der Waals surface area contributed by atoms with Crippen molar-refractivity contribution in [1.29, 1.82) is 0 Å².